The minimum atomic E-state index is -4.14. The number of hydrogen-bond acceptors (Lipinski definition) is 5. The molecule has 0 unspecified atom stereocenters. The standard InChI is InChI=1S/C19H27ClN4O5S2/c1-12(2)22-30(26,27)17-9-24(10-18(17)31(28,29)23-13(3)4)11-19(25)21-16-7-6-14(5)8-15(16)20/h6-10,12-13,22-23H,11H2,1-5H3,(H,21,25). The van der Waals surface area contributed by atoms with Gasteiger partial charge in [0.1, 0.15) is 16.3 Å². The molecule has 3 N–H and O–H groups in total. The lowest BCUT2D eigenvalue weighted by Crippen LogP contribution is -2.34. The minimum absolute atomic E-state index is 0.314. The highest BCUT2D eigenvalue weighted by Gasteiger charge is 2.30. The largest absolute Gasteiger partial charge is 0.342 e. The summed E-state index contributed by atoms with van der Waals surface area (Å²) >= 11 is 6.13. The van der Waals surface area contributed by atoms with Crippen LogP contribution >= 0.6 is 11.6 Å². The monoisotopic (exact) mass is 490 g/mol. The van der Waals surface area contributed by atoms with Crippen LogP contribution in [-0.4, -0.2) is 39.4 Å². The Kier molecular flexibility index (Phi) is 7.93. The van der Waals surface area contributed by atoms with E-state index in [1.165, 1.54) is 4.57 Å². The van der Waals surface area contributed by atoms with Gasteiger partial charge in [-0.2, -0.15) is 0 Å². The molecule has 1 heterocycles. The summed E-state index contributed by atoms with van der Waals surface area (Å²) in [5, 5.41) is 2.99. The highest BCUT2D eigenvalue weighted by molar-refractivity contribution is 7.92. The minimum Gasteiger partial charge on any atom is -0.342 e. The Morgan fingerprint density at radius 1 is 0.968 bits per heavy atom. The summed E-state index contributed by atoms with van der Waals surface area (Å²) in [6.45, 7) is 8.02. The first-order valence-electron chi connectivity index (χ1n) is 9.51. The van der Waals surface area contributed by atoms with Crippen molar-refractivity contribution in [2.75, 3.05) is 5.32 Å². The topological polar surface area (TPSA) is 126 Å². The molecule has 9 nitrogen and oxygen atoms in total. The average Bonchev–Trinajstić information content (AvgIpc) is 3.01. The maximum atomic E-state index is 12.7. The third kappa shape index (κ3) is 6.78. The lowest BCUT2D eigenvalue weighted by molar-refractivity contribution is -0.116. The molecule has 0 aliphatic heterocycles. The van der Waals surface area contributed by atoms with Crippen molar-refractivity contribution in [3.8, 4) is 0 Å². The molecule has 0 radical (unpaired) electrons. The summed E-state index contributed by atoms with van der Waals surface area (Å²) in [5.41, 5.74) is 1.32. The van der Waals surface area contributed by atoms with Gasteiger partial charge in [-0.25, -0.2) is 26.3 Å². The first kappa shape index (κ1) is 25.3. The fraction of sp³-hybridized carbons (Fsp3) is 0.421. The van der Waals surface area contributed by atoms with Crippen LogP contribution in [0.2, 0.25) is 5.02 Å². The molecular formula is C19H27ClN4O5S2. The van der Waals surface area contributed by atoms with Crippen LogP contribution in [0.3, 0.4) is 0 Å². The Bertz CT molecular complexity index is 1110. The SMILES string of the molecule is Cc1ccc(NC(=O)Cn2cc(S(=O)(=O)NC(C)C)c(S(=O)(=O)NC(C)C)c2)c(Cl)c1. The number of carbonyl (C=O) groups excluding carboxylic acids is 1. The third-order valence-corrected chi connectivity index (χ3v) is 7.71. The fourth-order valence-electron chi connectivity index (χ4n) is 2.79. The van der Waals surface area contributed by atoms with Gasteiger partial charge in [-0.3, -0.25) is 4.79 Å². The summed E-state index contributed by atoms with van der Waals surface area (Å²) in [4.78, 5) is 11.6. The predicted molar refractivity (Wildman–Crippen MR) is 120 cm³/mol. The Morgan fingerprint density at radius 2 is 1.45 bits per heavy atom. The number of sulfonamides is 2. The Labute approximate surface area is 188 Å². The van der Waals surface area contributed by atoms with Crippen molar-refractivity contribution in [3.05, 3.63) is 41.2 Å². The lowest BCUT2D eigenvalue weighted by atomic mass is 10.2. The number of rotatable bonds is 9. The van der Waals surface area contributed by atoms with Crippen LogP contribution in [0.1, 0.15) is 33.3 Å². The molecule has 0 fully saturated rings. The molecule has 2 rings (SSSR count). The summed E-state index contributed by atoms with van der Waals surface area (Å²) < 4.78 is 56.9. The maximum Gasteiger partial charge on any atom is 0.244 e. The molecule has 0 saturated carbocycles. The Balaban J connectivity index is 2.40. The van der Waals surface area contributed by atoms with Crippen molar-refractivity contribution in [1.82, 2.24) is 14.0 Å². The van der Waals surface area contributed by atoms with Crippen molar-refractivity contribution in [2.45, 2.75) is 63.0 Å². The van der Waals surface area contributed by atoms with Crippen LogP contribution in [0.4, 0.5) is 5.69 Å². The van der Waals surface area contributed by atoms with Gasteiger partial charge in [-0.1, -0.05) is 17.7 Å². The number of aromatic nitrogens is 1. The number of anilines is 1. The summed E-state index contributed by atoms with van der Waals surface area (Å²) in [7, 11) is -8.27. The highest BCUT2D eigenvalue weighted by Crippen LogP contribution is 2.25. The molecule has 0 saturated heterocycles. The highest BCUT2D eigenvalue weighted by atomic mass is 35.5. The second-order valence-electron chi connectivity index (χ2n) is 7.74. The van der Waals surface area contributed by atoms with Crippen LogP contribution in [-0.2, 0) is 31.4 Å². The summed E-state index contributed by atoms with van der Waals surface area (Å²) in [5.74, 6) is -0.498. The second kappa shape index (κ2) is 9.70. The van der Waals surface area contributed by atoms with Gasteiger partial charge in [-0.15, -0.1) is 0 Å². The van der Waals surface area contributed by atoms with Gasteiger partial charge >= 0.3 is 0 Å². The van der Waals surface area contributed by atoms with Crippen molar-refractivity contribution in [2.24, 2.45) is 0 Å². The van der Waals surface area contributed by atoms with Crippen LogP contribution in [0.5, 0.6) is 0 Å². The summed E-state index contributed by atoms with van der Waals surface area (Å²) in [6, 6.07) is 4.22. The molecule has 1 aromatic carbocycles. The molecule has 12 heteroatoms. The number of hydrogen-bond donors (Lipinski definition) is 3. The number of amides is 1. The van der Waals surface area contributed by atoms with E-state index in [1.54, 1.807) is 45.9 Å². The van der Waals surface area contributed by atoms with Gasteiger partial charge < -0.3 is 9.88 Å². The van der Waals surface area contributed by atoms with Crippen LogP contribution in [0.25, 0.3) is 0 Å². The first-order chi connectivity index (χ1) is 14.2. The molecule has 2 aromatic rings. The molecule has 0 aliphatic rings. The van der Waals surface area contributed by atoms with E-state index >= 15 is 0 Å². The zero-order valence-corrected chi connectivity index (χ0v) is 20.3. The van der Waals surface area contributed by atoms with Crippen LogP contribution in [0.15, 0.2) is 40.4 Å². The first-order valence-corrected chi connectivity index (χ1v) is 12.9. The molecule has 0 spiro atoms. The number of nitrogens with zero attached hydrogens (tertiary/aromatic N) is 1. The second-order valence-corrected chi connectivity index (χ2v) is 11.5. The van der Waals surface area contributed by atoms with Gasteiger partial charge in [-0.05, 0) is 52.3 Å². The van der Waals surface area contributed by atoms with Gasteiger partial charge in [0.15, 0.2) is 0 Å². The quantitative estimate of drug-likeness (QED) is 0.497. The molecule has 31 heavy (non-hydrogen) atoms. The van der Waals surface area contributed by atoms with Gasteiger partial charge in [0.05, 0.1) is 10.7 Å². The molecule has 0 aliphatic carbocycles. The van der Waals surface area contributed by atoms with E-state index in [4.69, 9.17) is 11.6 Å². The predicted octanol–water partition coefficient (Wildman–Crippen LogP) is 2.46. The number of benzene rings is 1. The lowest BCUT2D eigenvalue weighted by Gasteiger charge is -2.12. The van der Waals surface area contributed by atoms with Gasteiger partial charge in [0, 0.05) is 24.5 Å². The van der Waals surface area contributed by atoms with E-state index < -0.39 is 47.8 Å². The van der Waals surface area contributed by atoms with Crippen LogP contribution in [0, 0.1) is 6.92 Å². The smallest absolute Gasteiger partial charge is 0.244 e. The van der Waals surface area contributed by atoms with E-state index in [0.29, 0.717) is 10.7 Å². The zero-order chi connectivity index (χ0) is 23.6. The molecule has 1 aromatic heterocycles. The number of nitrogens with one attached hydrogen (secondary N) is 3. The fourth-order valence-corrected chi connectivity index (χ4v) is 6.40. The number of halogens is 1. The molecule has 0 atom stereocenters. The zero-order valence-electron chi connectivity index (χ0n) is 17.9. The number of aryl methyl sites for hydroxylation is 1. The molecule has 1 amide bonds. The normalized spacial score (nSPS) is 12.5. The van der Waals surface area contributed by atoms with Gasteiger partial charge in [0.2, 0.25) is 26.0 Å². The number of carbonyl (C=O) groups is 1. The Morgan fingerprint density at radius 3 is 1.87 bits per heavy atom. The van der Waals surface area contributed by atoms with E-state index in [-0.39, 0.29) is 6.54 Å². The van der Waals surface area contributed by atoms with E-state index in [2.05, 4.69) is 14.8 Å². The molecule has 0 bridgehead atoms. The molecule has 172 valence electrons. The van der Waals surface area contributed by atoms with E-state index in [9.17, 15) is 21.6 Å². The third-order valence-electron chi connectivity index (χ3n) is 3.89. The Hall–Kier alpha value is -1.92. The van der Waals surface area contributed by atoms with E-state index in [1.807, 2.05) is 6.92 Å². The van der Waals surface area contributed by atoms with Crippen molar-refractivity contribution in [1.29, 1.82) is 0 Å². The van der Waals surface area contributed by atoms with E-state index in [0.717, 1.165) is 18.0 Å². The maximum absolute atomic E-state index is 12.7. The van der Waals surface area contributed by atoms with Crippen LogP contribution < -0.4 is 14.8 Å². The summed E-state index contributed by atoms with van der Waals surface area (Å²) in [6.07, 6.45) is 2.24. The van der Waals surface area contributed by atoms with Gasteiger partial charge in [0.25, 0.3) is 0 Å². The van der Waals surface area contributed by atoms with Crippen molar-refractivity contribution >= 4 is 43.2 Å². The average molecular weight is 491 g/mol. The van der Waals surface area contributed by atoms with Crippen molar-refractivity contribution in [3.63, 3.8) is 0 Å². The van der Waals surface area contributed by atoms with Crippen molar-refractivity contribution < 1.29 is 21.6 Å². The molecular weight excluding hydrogens is 464 g/mol.